The van der Waals surface area contributed by atoms with Crippen molar-refractivity contribution in [3.63, 3.8) is 0 Å². The molecule has 1 amide bonds. The molecule has 0 unspecified atom stereocenters. The van der Waals surface area contributed by atoms with Crippen molar-refractivity contribution in [1.82, 2.24) is 0 Å². The predicted molar refractivity (Wildman–Crippen MR) is 123 cm³/mol. The molecule has 1 aromatic carbocycles. The zero-order valence-corrected chi connectivity index (χ0v) is 17.6. The second kappa shape index (κ2) is 9.33. The van der Waals surface area contributed by atoms with E-state index < -0.39 is 11.9 Å². The summed E-state index contributed by atoms with van der Waals surface area (Å²) in [5.41, 5.74) is 4.46. The molecule has 152 valence electrons. The number of carbonyl (C=O) groups is 2. The number of benzene rings is 1. The lowest BCUT2D eigenvalue weighted by Crippen LogP contribution is -2.22. The molecule has 3 rings (SSSR count). The number of aliphatic imine (C=N–C) groups is 1. The lowest BCUT2D eigenvalue weighted by molar-refractivity contribution is -0.110. The average Bonchev–Trinajstić information content (AvgIpc) is 3.04. The molecule has 0 aliphatic carbocycles. The summed E-state index contributed by atoms with van der Waals surface area (Å²) in [5.74, 6) is -1.55. The van der Waals surface area contributed by atoms with Crippen LogP contribution in [-0.2, 0) is 4.79 Å². The van der Waals surface area contributed by atoms with E-state index in [0.29, 0.717) is 17.7 Å². The summed E-state index contributed by atoms with van der Waals surface area (Å²) in [5, 5.41) is 14.5. The van der Waals surface area contributed by atoms with E-state index in [0.717, 1.165) is 16.7 Å². The van der Waals surface area contributed by atoms with Gasteiger partial charge in [0.2, 0.25) is 0 Å². The van der Waals surface area contributed by atoms with Crippen LogP contribution in [0, 0.1) is 6.92 Å². The number of hydrogen-bond donors (Lipinski definition) is 2. The first-order valence-electron chi connectivity index (χ1n) is 9.38. The van der Waals surface area contributed by atoms with Gasteiger partial charge >= 0.3 is 5.97 Å². The monoisotopic (exact) mass is 418 g/mol. The highest BCUT2D eigenvalue weighted by atomic mass is 32.1. The van der Waals surface area contributed by atoms with Crippen LogP contribution in [0.1, 0.15) is 29.3 Å². The molecule has 0 atom stereocenters. The van der Waals surface area contributed by atoms with Crippen LogP contribution in [0.5, 0.6) is 0 Å². The normalized spacial score (nSPS) is 13.9. The summed E-state index contributed by atoms with van der Waals surface area (Å²) in [4.78, 5) is 29.3. The summed E-state index contributed by atoms with van der Waals surface area (Å²) in [6.07, 6.45) is 9.40. The summed E-state index contributed by atoms with van der Waals surface area (Å²) < 4.78 is 0. The van der Waals surface area contributed by atoms with Gasteiger partial charge in [0.25, 0.3) is 5.91 Å². The summed E-state index contributed by atoms with van der Waals surface area (Å²) in [6, 6.07) is 7.60. The van der Waals surface area contributed by atoms with Crippen molar-refractivity contribution in [2.45, 2.75) is 20.3 Å². The van der Waals surface area contributed by atoms with Crippen LogP contribution in [0.3, 0.4) is 0 Å². The van der Waals surface area contributed by atoms with Gasteiger partial charge in [-0.15, -0.1) is 11.3 Å². The Bertz CT molecular complexity index is 1120. The number of aryl methyl sites for hydroxylation is 1. The van der Waals surface area contributed by atoms with Gasteiger partial charge in [0.15, 0.2) is 0 Å². The molecule has 0 bridgehead atoms. The molecule has 0 saturated carbocycles. The van der Waals surface area contributed by atoms with Gasteiger partial charge in [0.05, 0.1) is 5.70 Å². The number of amides is 1. The van der Waals surface area contributed by atoms with Gasteiger partial charge in [-0.1, -0.05) is 54.6 Å². The molecule has 0 fully saturated rings. The summed E-state index contributed by atoms with van der Waals surface area (Å²) in [7, 11) is 0. The van der Waals surface area contributed by atoms with E-state index in [2.05, 4.69) is 16.9 Å². The molecule has 1 aliphatic rings. The van der Waals surface area contributed by atoms with Crippen molar-refractivity contribution in [3.8, 4) is 11.1 Å². The molecule has 6 heteroatoms. The maximum atomic E-state index is 12.9. The number of rotatable bonds is 6. The molecule has 2 N–H and O–H groups in total. The summed E-state index contributed by atoms with van der Waals surface area (Å²) in [6.45, 7) is 7.58. The lowest BCUT2D eigenvalue weighted by atomic mass is 10.0. The van der Waals surface area contributed by atoms with E-state index in [1.807, 2.05) is 44.2 Å². The van der Waals surface area contributed by atoms with Crippen LogP contribution in [0.4, 0.5) is 5.00 Å². The van der Waals surface area contributed by atoms with E-state index in [9.17, 15) is 14.7 Å². The third-order valence-electron chi connectivity index (χ3n) is 4.60. The molecule has 2 aromatic rings. The van der Waals surface area contributed by atoms with Crippen molar-refractivity contribution < 1.29 is 14.7 Å². The van der Waals surface area contributed by atoms with E-state index in [-0.39, 0.29) is 16.3 Å². The Morgan fingerprint density at radius 3 is 2.63 bits per heavy atom. The lowest BCUT2D eigenvalue weighted by Gasteiger charge is -2.07. The van der Waals surface area contributed by atoms with Gasteiger partial charge in [0.1, 0.15) is 16.3 Å². The minimum atomic E-state index is -1.09. The van der Waals surface area contributed by atoms with E-state index >= 15 is 0 Å². The number of carboxylic acid groups (broad SMARTS) is 1. The summed E-state index contributed by atoms with van der Waals surface area (Å²) >= 11 is 1.19. The number of nitrogens with one attached hydrogen (secondary N) is 1. The molecule has 0 saturated heterocycles. The topological polar surface area (TPSA) is 78.8 Å². The quantitative estimate of drug-likeness (QED) is 0.584. The highest BCUT2D eigenvalue weighted by Crippen LogP contribution is 2.36. The third-order valence-corrected chi connectivity index (χ3v) is 5.49. The number of nitrogens with zero attached hydrogens (tertiary/aromatic N) is 1. The van der Waals surface area contributed by atoms with Crippen molar-refractivity contribution in [2.24, 2.45) is 4.99 Å². The van der Waals surface area contributed by atoms with Crippen LogP contribution in [0.25, 0.3) is 11.1 Å². The second-order valence-electron chi connectivity index (χ2n) is 6.84. The zero-order valence-electron chi connectivity index (χ0n) is 16.8. The minimum absolute atomic E-state index is 0.0777. The Kier molecular flexibility index (Phi) is 6.59. The zero-order chi connectivity index (χ0) is 21.7. The number of aromatic carboxylic acids is 1. The van der Waals surface area contributed by atoms with E-state index in [1.165, 1.54) is 11.3 Å². The fourth-order valence-electron chi connectivity index (χ4n) is 2.95. The number of carbonyl (C=O) groups excluding carboxylic acids is 1. The molecule has 0 spiro atoms. The Morgan fingerprint density at radius 2 is 1.97 bits per heavy atom. The smallest absolute Gasteiger partial charge is 0.339 e. The van der Waals surface area contributed by atoms with Gasteiger partial charge < -0.3 is 10.4 Å². The SMILES string of the molecule is C=C/C=C\C1=C(C)CC=CC(C(=O)Nc2scc(-c3ccc(C)cc3)c2C(=O)O)=N1. The molecule has 30 heavy (non-hydrogen) atoms. The molecule has 1 aromatic heterocycles. The van der Waals surface area contributed by atoms with Crippen LogP contribution in [0.15, 0.2) is 82.9 Å². The molecule has 1 aliphatic heterocycles. The van der Waals surface area contributed by atoms with Crippen LogP contribution >= 0.6 is 11.3 Å². The van der Waals surface area contributed by atoms with Crippen LogP contribution in [-0.4, -0.2) is 22.7 Å². The minimum Gasteiger partial charge on any atom is -0.478 e. The Hall–Kier alpha value is -3.51. The number of anilines is 1. The first-order chi connectivity index (χ1) is 14.4. The first kappa shape index (κ1) is 21.2. The average molecular weight is 419 g/mol. The highest BCUT2D eigenvalue weighted by Gasteiger charge is 2.22. The van der Waals surface area contributed by atoms with Crippen LogP contribution in [0.2, 0.25) is 0 Å². The fourth-order valence-corrected chi connectivity index (χ4v) is 3.91. The number of thiophene rings is 1. The van der Waals surface area contributed by atoms with Crippen molar-refractivity contribution in [1.29, 1.82) is 0 Å². The number of carboxylic acids is 1. The fraction of sp³-hybridized carbons (Fsp3) is 0.125. The predicted octanol–water partition coefficient (Wildman–Crippen LogP) is 5.78. The van der Waals surface area contributed by atoms with Gasteiger partial charge in [-0.25, -0.2) is 9.79 Å². The Labute approximate surface area is 179 Å². The van der Waals surface area contributed by atoms with Gasteiger partial charge in [-0.05, 0) is 43.6 Å². The van der Waals surface area contributed by atoms with Gasteiger partial charge in [-0.2, -0.15) is 0 Å². The largest absolute Gasteiger partial charge is 0.478 e. The van der Waals surface area contributed by atoms with Crippen molar-refractivity contribution in [3.05, 3.63) is 89.0 Å². The second-order valence-corrected chi connectivity index (χ2v) is 7.72. The third kappa shape index (κ3) is 4.72. The standard InChI is InChI=1S/C24H22N2O3S/c1-4-5-8-19-16(3)7-6-9-20(25-19)22(27)26-23-21(24(28)29)18(14-30-23)17-12-10-15(2)11-13-17/h4-6,8-14H,1,7H2,2-3H3,(H,26,27)(H,28,29)/b8-5-. The molecular weight excluding hydrogens is 396 g/mol. The van der Waals surface area contributed by atoms with Gasteiger partial charge in [0, 0.05) is 10.9 Å². The molecule has 0 radical (unpaired) electrons. The highest BCUT2D eigenvalue weighted by molar-refractivity contribution is 7.15. The van der Waals surface area contributed by atoms with Crippen molar-refractivity contribution in [2.75, 3.05) is 5.32 Å². The molecule has 2 heterocycles. The van der Waals surface area contributed by atoms with E-state index in [4.69, 9.17) is 0 Å². The Balaban J connectivity index is 1.93. The first-order valence-corrected chi connectivity index (χ1v) is 10.3. The maximum absolute atomic E-state index is 12.9. The van der Waals surface area contributed by atoms with Crippen LogP contribution < -0.4 is 5.32 Å². The van der Waals surface area contributed by atoms with Crippen molar-refractivity contribution >= 4 is 33.9 Å². The Morgan fingerprint density at radius 1 is 1.23 bits per heavy atom. The number of allylic oxidation sites excluding steroid dienone is 5. The number of hydrogen-bond acceptors (Lipinski definition) is 4. The van der Waals surface area contributed by atoms with Gasteiger partial charge in [-0.3, -0.25) is 4.79 Å². The van der Waals surface area contributed by atoms with E-state index in [1.54, 1.807) is 29.7 Å². The molecule has 5 nitrogen and oxygen atoms in total. The maximum Gasteiger partial charge on any atom is 0.339 e. The molecular formula is C24H22N2O3S.